The number of rotatable bonds is 6. The maximum Gasteiger partial charge on any atom is 0.0175 e. The molecule has 0 heterocycles. The average molecular weight is 330 g/mol. The second-order valence-electron chi connectivity index (χ2n) is 5.62. The molecular formula is C18H20BrN. The summed E-state index contributed by atoms with van der Waals surface area (Å²) in [4.78, 5) is 0. The van der Waals surface area contributed by atoms with E-state index in [4.69, 9.17) is 0 Å². The molecule has 2 aromatic rings. The van der Waals surface area contributed by atoms with Crippen molar-refractivity contribution in [3.63, 3.8) is 0 Å². The first-order valence-corrected chi connectivity index (χ1v) is 8.13. The Labute approximate surface area is 129 Å². The second kappa shape index (κ2) is 6.55. The van der Waals surface area contributed by atoms with E-state index in [2.05, 4.69) is 75.8 Å². The first-order valence-electron chi connectivity index (χ1n) is 7.34. The molecule has 0 radical (unpaired) electrons. The predicted octanol–water partition coefficient (Wildman–Crippen LogP) is 4.53. The van der Waals surface area contributed by atoms with Gasteiger partial charge in [-0.05, 0) is 42.5 Å². The normalized spacial score (nSPS) is 16.1. The molecule has 1 aliphatic carbocycles. The molecular weight excluding hydrogens is 310 g/mol. The lowest BCUT2D eigenvalue weighted by molar-refractivity contribution is 0.577. The maximum atomic E-state index is 3.68. The number of halogens is 1. The third-order valence-electron chi connectivity index (χ3n) is 3.90. The van der Waals surface area contributed by atoms with Crippen molar-refractivity contribution in [2.75, 3.05) is 6.54 Å². The molecule has 0 spiro atoms. The molecule has 1 aliphatic rings. The van der Waals surface area contributed by atoms with E-state index in [0.717, 1.165) is 23.5 Å². The fraction of sp³-hybridized carbons (Fsp3) is 0.333. The van der Waals surface area contributed by atoms with E-state index in [9.17, 15) is 0 Å². The molecule has 104 valence electrons. The molecule has 0 aliphatic heterocycles. The van der Waals surface area contributed by atoms with Gasteiger partial charge in [-0.25, -0.2) is 0 Å². The lowest BCUT2D eigenvalue weighted by Gasteiger charge is -2.18. The molecule has 1 atom stereocenters. The van der Waals surface area contributed by atoms with E-state index >= 15 is 0 Å². The van der Waals surface area contributed by atoms with Crippen molar-refractivity contribution >= 4 is 15.9 Å². The highest BCUT2D eigenvalue weighted by atomic mass is 79.9. The van der Waals surface area contributed by atoms with Crippen LogP contribution in [0, 0.1) is 0 Å². The van der Waals surface area contributed by atoms with Crippen LogP contribution in [-0.2, 0) is 6.42 Å². The van der Waals surface area contributed by atoms with E-state index < -0.39 is 0 Å². The summed E-state index contributed by atoms with van der Waals surface area (Å²) in [5, 5.41) is 3.68. The fourth-order valence-corrected chi connectivity index (χ4v) is 2.80. The van der Waals surface area contributed by atoms with Crippen LogP contribution in [0.2, 0.25) is 0 Å². The molecule has 3 rings (SSSR count). The summed E-state index contributed by atoms with van der Waals surface area (Å²) in [6, 6.07) is 20.3. The summed E-state index contributed by atoms with van der Waals surface area (Å²) in [6.07, 6.45) is 3.79. The van der Waals surface area contributed by atoms with Gasteiger partial charge in [0.25, 0.3) is 0 Å². The zero-order valence-electron chi connectivity index (χ0n) is 11.6. The highest BCUT2D eigenvalue weighted by Crippen LogP contribution is 2.25. The van der Waals surface area contributed by atoms with Gasteiger partial charge < -0.3 is 5.32 Å². The summed E-state index contributed by atoms with van der Waals surface area (Å²) in [6.45, 7) is 1.07. The molecule has 1 nitrogen and oxygen atoms in total. The van der Waals surface area contributed by atoms with Crippen molar-refractivity contribution in [1.29, 1.82) is 0 Å². The van der Waals surface area contributed by atoms with Crippen LogP contribution in [0.15, 0.2) is 59.1 Å². The van der Waals surface area contributed by atoms with Gasteiger partial charge in [-0.15, -0.1) is 0 Å². The summed E-state index contributed by atoms with van der Waals surface area (Å²) in [7, 11) is 0. The van der Waals surface area contributed by atoms with Crippen molar-refractivity contribution in [2.45, 2.75) is 31.2 Å². The maximum absolute atomic E-state index is 3.68. The number of benzene rings is 2. The van der Waals surface area contributed by atoms with Crippen LogP contribution in [0.25, 0.3) is 0 Å². The molecule has 1 unspecified atom stereocenters. The Balaban J connectivity index is 1.73. The molecule has 1 saturated carbocycles. The minimum atomic E-state index is 0.547. The van der Waals surface area contributed by atoms with Crippen LogP contribution < -0.4 is 5.32 Å². The minimum Gasteiger partial charge on any atom is -0.313 e. The van der Waals surface area contributed by atoms with Crippen LogP contribution in [-0.4, -0.2) is 12.6 Å². The van der Waals surface area contributed by atoms with Crippen LogP contribution >= 0.6 is 15.9 Å². The molecule has 20 heavy (non-hydrogen) atoms. The Morgan fingerprint density at radius 3 is 2.35 bits per heavy atom. The van der Waals surface area contributed by atoms with Crippen molar-refractivity contribution in [2.24, 2.45) is 0 Å². The first-order chi connectivity index (χ1) is 9.81. The van der Waals surface area contributed by atoms with Crippen molar-refractivity contribution < 1.29 is 0 Å². The largest absolute Gasteiger partial charge is 0.313 e. The van der Waals surface area contributed by atoms with Gasteiger partial charge in [0.1, 0.15) is 0 Å². The van der Waals surface area contributed by atoms with E-state index in [1.54, 1.807) is 0 Å². The van der Waals surface area contributed by atoms with Crippen LogP contribution in [0.5, 0.6) is 0 Å². The van der Waals surface area contributed by atoms with Gasteiger partial charge in [-0.3, -0.25) is 0 Å². The van der Waals surface area contributed by atoms with Gasteiger partial charge >= 0.3 is 0 Å². The SMILES string of the molecule is Brc1ccc(C(CNC2CC2)Cc2ccccc2)cc1. The molecule has 2 heteroatoms. The van der Waals surface area contributed by atoms with Crippen LogP contribution in [0.1, 0.15) is 29.9 Å². The fourth-order valence-electron chi connectivity index (χ4n) is 2.54. The topological polar surface area (TPSA) is 12.0 Å². The number of nitrogens with one attached hydrogen (secondary N) is 1. The smallest absolute Gasteiger partial charge is 0.0175 e. The van der Waals surface area contributed by atoms with E-state index in [-0.39, 0.29) is 0 Å². The zero-order chi connectivity index (χ0) is 13.8. The highest BCUT2D eigenvalue weighted by molar-refractivity contribution is 9.10. The Morgan fingerprint density at radius 1 is 1.00 bits per heavy atom. The third-order valence-corrected chi connectivity index (χ3v) is 4.43. The molecule has 0 amide bonds. The Hall–Kier alpha value is -1.12. The Kier molecular flexibility index (Phi) is 4.54. The van der Waals surface area contributed by atoms with E-state index in [1.807, 2.05) is 0 Å². The van der Waals surface area contributed by atoms with Gasteiger partial charge in [0.15, 0.2) is 0 Å². The van der Waals surface area contributed by atoms with Gasteiger partial charge in [0, 0.05) is 23.0 Å². The van der Waals surface area contributed by atoms with Crippen molar-refractivity contribution in [3.8, 4) is 0 Å². The molecule has 2 aromatic carbocycles. The average Bonchev–Trinajstić information content (AvgIpc) is 3.30. The quantitative estimate of drug-likeness (QED) is 0.821. The molecule has 1 fully saturated rings. The minimum absolute atomic E-state index is 0.547. The summed E-state index contributed by atoms with van der Waals surface area (Å²) in [5.41, 5.74) is 2.84. The molecule has 0 saturated heterocycles. The number of hydrogen-bond acceptors (Lipinski definition) is 1. The highest BCUT2D eigenvalue weighted by Gasteiger charge is 2.22. The van der Waals surface area contributed by atoms with Crippen molar-refractivity contribution in [3.05, 3.63) is 70.2 Å². The lowest BCUT2D eigenvalue weighted by atomic mass is 9.92. The molecule has 0 bridgehead atoms. The zero-order valence-corrected chi connectivity index (χ0v) is 13.1. The Morgan fingerprint density at radius 2 is 1.70 bits per heavy atom. The molecule has 1 N–H and O–H groups in total. The van der Waals surface area contributed by atoms with Gasteiger partial charge in [-0.2, -0.15) is 0 Å². The third kappa shape index (κ3) is 3.94. The summed E-state index contributed by atoms with van der Waals surface area (Å²) in [5.74, 6) is 0.547. The van der Waals surface area contributed by atoms with Crippen LogP contribution in [0.3, 0.4) is 0 Å². The monoisotopic (exact) mass is 329 g/mol. The Bertz CT molecular complexity index is 531. The molecule has 0 aromatic heterocycles. The van der Waals surface area contributed by atoms with Crippen LogP contribution in [0.4, 0.5) is 0 Å². The van der Waals surface area contributed by atoms with Gasteiger partial charge in [-0.1, -0.05) is 58.4 Å². The number of hydrogen-bond donors (Lipinski definition) is 1. The van der Waals surface area contributed by atoms with E-state index in [0.29, 0.717) is 5.92 Å². The summed E-state index contributed by atoms with van der Waals surface area (Å²) < 4.78 is 1.15. The second-order valence-corrected chi connectivity index (χ2v) is 6.54. The van der Waals surface area contributed by atoms with E-state index in [1.165, 1.54) is 24.0 Å². The van der Waals surface area contributed by atoms with Gasteiger partial charge in [0.2, 0.25) is 0 Å². The van der Waals surface area contributed by atoms with Crippen molar-refractivity contribution in [1.82, 2.24) is 5.32 Å². The van der Waals surface area contributed by atoms with Gasteiger partial charge in [0.05, 0.1) is 0 Å². The summed E-state index contributed by atoms with van der Waals surface area (Å²) >= 11 is 3.52. The first kappa shape index (κ1) is 13.8. The predicted molar refractivity (Wildman–Crippen MR) is 88.1 cm³/mol. The lowest BCUT2D eigenvalue weighted by Crippen LogP contribution is -2.24. The standard InChI is InChI=1S/C18H20BrN/c19-17-8-6-15(7-9-17)16(13-20-18-10-11-18)12-14-4-2-1-3-5-14/h1-9,16,18,20H,10-13H2.